The summed E-state index contributed by atoms with van der Waals surface area (Å²) in [6.45, 7) is 8.02. The van der Waals surface area contributed by atoms with Crippen molar-refractivity contribution in [3.63, 3.8) is 0 Å². The smallest absolute Gasteiger partial charge is 0.119 e. The lowest BCUT2D eigenvalue weighted by atomic mass is 10.1. The van der Waals surface area contributed by atoms with Crippen LogP contribution in [0.1, 0.15) is 51.6 Å². The topological polar surface area (TPSA) is 38.3 Å². The van der Waals surface area contributed by atoms with Gasteiger partial charge in [-0.15, -0.1) is 0 Å². The number of ether oxygens (including phenoxy) is 1. The molecular formula is C17H29NO2S. The van der Waals surface area contributed by atoms with Gasteiger partial charge in [-0.25, -0.2) is 0 Å². The lowest BCUT2D eigenvalue weighted by molar-refractivity contribution is 0.317. The molecule has 0 saturated carbocycles. The first-order valence-electron chi connectivity index (χ1n) is 8.02. The van der Waals surface area contributed by atoms with E-state index in [0.717, 1.165) is 43.9 Å². The molecule has 21 heavy (non-hydrogen) atoms. The maximum Gasteiger partial charge on any atom is 0.119 e. The van der Waals surface area contributed by atoms with Crippen LogP contribution in [0.2, 0.25) is 0 Å². The fourth-order valence-corrected chi connectivity index (χ4v) is 3.41. The van der Waals surface area contributed by atoms with Crippen LogP contribution in [0.3, 0.4) is 0 Å². The number of benzene rings is 1. The number of hydrogen-bond acceptors (Lipinski definition) is 3. The zero-order chi connectivity index (χ0) is 15.5. The molecule has 0 aliphatic heterocycles. The predicted molar refractivity (Wildman–Crippen MR) is 91.4 cm³/mol. The quantitative estimate of drug-likeness (QED) is 0.677. The Morgan fingerprint density at radius 2 is 1.81 bits per heavy atom. The normalized spacial score (nSPS) is 13.9. The van der Waals surface area contributed by atoms with Crippen LogP contribution < -0.4 is 10.1 Å². The lowest BCUT2D eigenvalue weighted by Crippen LogP contribution is -2.27. The number of hydrogen-bond donors (Lipinski definition) is 1. The van der Waals surface area contributed by atoms with Gasteiger partial charge in [-0.3, -0.25) is 4.21 Å². The maximum atomic E-state index is 12.0. The van der Waals surface area contributed by atoms with Crippen molar-refractivity contribution in [3.05, 3.63) is 29.8 Å². The van der Waals surface area contributed by atoms with Crippen molar-refractivity contribution in [3.8, 4) is 5.75 Å². The number of nitrogens with one attached hydrogen (secondary N) is 1. The van der Waals surface area contributed by atoms with Crippen molar-refractivity contribution in [1.29, 1.82) is 0 Å². The molecule has 0 aliphatic carbocycles. The molecular weight excluding hydrogens is 282 g/mol. The molecule has 1 rings (SSSR count). The maximum absolute atomic E-state index is 12.0. The van der Waals surface area contributed by atoms with Crippen molar-refractivity contribution >= 4 is 10.8 Å². The van der Waals surface area contributed by atoms with Gasteiger partial charge in [0.2, 0.25) is 0 Å². The summed E-state index contributed by atoms with van der Waals surface area (Å²) >= 11 is 0. The van der Waals surface area contributed by atoms with Gasteiger partial charge < -0.3 is 10.1 Å². The third-order valence-electron chi connectivity index (χ3n) is 3.18. The van der Waals surface area contributed by atoms with Crippen molar-refractivity contribution < 1.29 is 8.95 Å². The molecule has 0 aromatic heterocycles. The van der Waals surface area contributed by atoms with E-state index in [-0.39, 0.29) is 6.04 Å². The highest BCUT2D eigenvalue weighted by molar-refractivity contribution is 7.85. The molecule has 0 spiro atoms. The molecule has 1 aromatic rings. The molecule has 0 amide bonds. The van der Waals surface area contributed by atoms with Crippen LogP contribution in [0.5, 0.6) is 5.75 Å². The average Bonchev–Trinajstić information content (AvgIpc) is 2.50. The van der Waals surface area contributed by atoms with Crippen LogP contribution in [-0.4, -0.2) is 28.9 Å². The lowest BCUT2D eigenvalue weighted by Gasteiger charge is -2.19. The molecule has 3 nitrogen and oxygen atoms in total. The van der Waals surface area contributed by atoms with Gasteiger partial charge in [0.05, 0.1) is 6.61 Å². The predicted octanol–water partition coefficient (Wildman–Crippen LogP) is 3.67. The van der Waals surface area contributed by atoms with Crippen molar-refractivity contribution in [1.82, 2.24) is 5.32 Å². The van der Waals surface area contributed by atoms with Crippen molar-refractivity contribution in [2.45, 2.75) is 46.1 Å². The van der Waals surface area contributed by atoms with E-state index in [9.17, 15) is 4.21 Å². The molecule has 0 bridgehead atoms. The second kappa shape index (κ2) is 10.8. The molecule has 0 saturated heterocycles. The summed E-state index contributed by atoms with van der Waals surface area (Å²) < 4.78 is 17.7. The van der Waals surface area contributed by atoms with Gasteiger partial charge in [-0.1, -0.05) is 32.9 Å². The first-order chi connectivity index (χ1) is 10.2. The minimum atomic E-state index is -0.758. The minimum Gasteiger partial charge on any atom is -0.494 e. The fourth-order valence-electron chi connectivity index (χ4n) is 2.10. The van der Waals surface area contributed by atoms with Gasteiger partial charge in [0, 0.05) is 28.3 Å². The second-order valence-electron chi connectivity index (χ2n) is 5.23. The Hall–Kier alpha value is -0.870. The number of rotatable bonds is 11. The Kier molecular flexibility index (Phi) is 9.35. The third kappa shape index (κ3) is 7.09. The standard InChI is InChI=1S/C17H29NO2S/c1-4-11-18-17(14-21(19)13-6-3)15-7-9-16(10-8-15)20-12-5-2/h7-10,17-18H,4-6,11-14H2,1-3H3. The summed E-state index contributed by atoms with van der Waals surface area (Å²) in [6.07, 6.45) is 3.06. The first kappa shape index (κ1) is 18.2. The molecule has 1 N–H and O–H groups in total. The van der Waals surface area contributed by atoms with E-state index in [2.05, 4.69) is 38.2 Å². The summed E-state index contributed by atoms with van der Waals surface area (Å²) in [6, 6.07) is 8.35. The molecule has 0 aliphatic rings. The molecule has 1 aromatic carbocycles. The van der Waals surface area contributed by atoms with Gasteiger partial charge in [0.25, 0.3) is 0 Å². The van der Waals surface area contributed by atoms with Crippen molar-refractivity contribution in [2.75, 3.05) is 24.7 Å². The Labute approximate surface area is 131 Å². The molecule has 2 atom stereocenters. The van der Waals surface area contributed by atoms with E-state index >= 15 is 0 Å². The van der Waals surface area contributed by atoms with Crippen LogP contribution in [0.25, 0.3) is 0 Å². The van der Waals surface area contributed by atoms with Gasteiger partial charge in [-0.05, 0) is 43.5 Å². The molecule has 120 valence electrons. The Bertz CT molecular complexity index is 406. The SMILES string of the molecule is CCCNC(CS(=O)CCC)c1ccc(OCCC)cc1. The zero-order valence-corrected chi connectivity index (χ0v) is 14.4. The van der Waals surface area contributed by atoms with Crippen LogP contribution >= 0.6 is 0 Å². The Morgan fingerprint density at radius 3 is 2.38 bits per heavy atom. The van der Waals surface area contributed by atoms with Gasteiger partial charge in [0.1, 0.15) is 5.75 Å². The molecule has 0 radical (unpaired) electrons. The highest BCUT2D eigenvalue weighted by atomic mass is 32.2. The van der Waals surface area contributed by atoms with Crippen LogP contribution in [0, 0.1) is 0 Å². The van der Waals surface area contributed by atoms with E-state index in [4.69, 9.17) is 4.74 Å². The second-order valence-corrected chi connectivity index (χ2v) is 6.86. The van der Waals surface area contributed by atoms with Crippen molar-refractivity contribution in [2.24, 2.45) is 0 Å². The Morgan fingerprint density at radius 1 is 1.10 bits per heavy atom. The summed E-state index contributed by atoms with van der Waals surface area (Å²) in [5, 5.41) is 3.50. The summed E-state index contributed by atoms with van der Waals surface area (Å²) in [4.78, 5) is 0. The Balaban J connectivity index is 2.69. The van der Waals surface area contributed by atoms with Crippen LogP contribution in [-0.2, 0) is 10.8 Å². The third-order valence-corrected chi connectivity index (χ3v) is 4.75. The molecule has 2 unspecified atom stereocenters. The summed E-state index contributed by atoms with van der Waals surface area (Å²) in [5.41, 5.74) is 1.19. The van der Waals surface area contributed by atoms with E-state index in [1.807, 2.05) is 12.1 Å². The van der Waals surface area contributed by atoms with Crippen LogP contribution in [0.4, 0.5) is 0 Å². The fraction of sp³-hybridized carbons (Fsp3) is 0.647. The zero-order valence-electron chi connectivity index (χ0n) is 13.6. The van der Waals surface area contributed by atoms with E-state index in [1.165, 1.54) is 5.56 Å². The van der Waals surface area contributed by atoms with Gasteiger partial charge in [0.15, 0.2) is 0 Å². The van der Waals surface area contributed by atoms with E-state index in [0.29, 0.717) is 5.75 Å². The van der Waals surface area contributed by atoms with Gasteiger partial charge in [-0.2, -0.15) is 0 Å². The van der Waals surface area contributed by atoms with Gasteiger partial charge >= 0.3 is 0 Å². The first-order valence-corrected chi connectivity index (χ1v) is 9.51. The molecule has 0 fully saturated rings. The highest BCUT2D eigenvalue weighted by Gasteiger charge is 2.14. The minimum absolute atomic E-state index is 0.164. The van der Waals surface area contributed by atoms with E-state index < -0.39 is 10.8 Å². The summed E-state index contributed by atoms with van der Waals surface area (Å²) in [7, 11) is -0.758. The molecule has 4 heteroatoms. The highest BCUT2D eigenvalue weighted by Crippen LogP contribution is 2.19. The van der Waals surface area contributed by atoms with Crippen LogP contribution in [0.15, 0.2) is 24.3 Å². The molecule has 0 heterocycles. The summed E-state index contributed by atoms with van der Waals surface area (Å²) in [5.74, 6) is 2.37. The average molecular weight is 311 g/mol. The van der Waals surface area contributed by atoms with E-state index in [1.54, 1.807) is 0 Å². The largest absolute Gasteiger partial charge is 0.494 e. The monoisotopic (exact) mass is 311 g/mol.